The van der Waals surface area contributed by atoms with Crippen LogP contribution in [0.25, 0.3) is 0 Å². The molecule has 208 valence electrons. The number of hydrogen-bond acceptors (Lipinski definition) is 6. The molecule has 3 aromatic rings. The summed E-state index contributed by atoms with van der Waals surface area (Å²) < 4.78 is 17.5. The highest BCUT2D eigenvalue weighted by atomic mass is 16.6. The minimum atomic E-state index is -0.541. The number of amides is 3. The van der Waals surface area contributed by atoms with Gasteiger partial charge in [0, 0.05) is 35.9 Å². The van der Waals surface area contributed by atoms with E-state index in [1.807, 2.05) is 29.2 Å². The summed E-state index contributed by atoms with van der Waals surface area (Å²) in [5, 5.41) is 15.8. The normalized spacial score (nSPS) is 22.8. The zero-order valence-electron chi connectivity index (χ0n) is 22.3. The molecule has 9 nitrogen and oxygen atoms in total. The van der Waals surface area contributed by atoms with E-state index in [1.54, 1.807) is 37.4 Å². The zero-order valence-corrected chi connectivity index (χ0v) is 22.3. The van der Waals surface area contributed by atoms with Crippen molar-refractivity contribution in [3.63, 3.8) is 0 Å². The number of rotatable bonds is 6. The monoisotopic (exact) mass is 543 g/mol. The number of nitrogens with zero attached hydrogens (tertiary/aromatic N) is 1. The van der Waals surface area contributed by atoms with E-state index in [1.165, 1.54) is 11.1 Å². The lowest BCUT2D eigenvalue weighted by molar-refractivity contribution is -0.149. The number of fused-ring (bicyclic) bond motifs is 4. The van der Waals surface area contributed by atoms with E-state index in [2.05, 4.69) is 22.8 Å². The third-order valence-corrected chi connectivity index (χ3v) is 7.99. The van der Waals surface area contributed by atoms with Crippen LogP contribution in [-0.4, -0.2) is 60.5 Å². The van der Waals surface area contributed by atoms with Gasteiger partial charge in [-0.2, -0.15) is 0 Å². The number of carbonyl (C=O) groups is 2. The molecular formula is C31H33N3O6. The van der Waals surface area contributed by atoms with Gasteiger partial charge in [0.05, 0.1) is 26.2 Å². The second-order valence-corrected chi connectivity index (χ2v) is 10.5. The number of benzene rings is 3. The second kappa shape index (κ2) is 11.2. The van der Waals surface area contributed by atoms with Crippen molar-refractivity contribution in [3.05, 3.63) is 83.4 Å². The molecule has 6 rings (SSSR count). The Morgan fingerprint density at radius 3 is 2.55 bits per heavy atom. The maximum absolute atomic E-state index is 13.3. The van der Waals surface area contributed by atoms with E-state index in [9.17, 15) is 14.7 Å². The topological polar surface area (TPSA) is 109 Å². The van der Waals surface area contributed by atoms with E-state index in [-0.39, 0.29) is 43.1 Å². The molecule has 3 aromatic carbocycles. The van der Waals surface area contributed by atoms with Crippen molar-refractivity contribution in [3.8, 4) is 11.5 Å². The van der Waals surface area contributed by atoms with Crippen LogP contribution in [0.4, 0.5) is 16.2 Å². The molecule has 0 spiro atoms. The lowest BCUT2D eigenvalue weighted by Gasteiger charge is -2.38. The van der Waals surface area contributed by atoms with Crippen LogP contribution in [0.3, 0.4) is 0 Å². The van der Waals surface area contributed by atoms with E-state index in [4.69, 9.17) is 14.2 Å². The van der Waals surface area contributed by atoms with Crippen molar-refractivity contribution in [2.45, 2.75) is 50.0 Å². The maximum atomic E-state index is 13.3. The Hall–Kier alpha value is -4.08. The molecule has 0 aliphatic carbocycles. The summed E-state index contributed by atoms with van der Waals surface area (Å²) in [4.78, 5) is 27.8. The van der Waals surface area contributed by atoms with Gasteiger partial charge in [0.2, 0.25) is 5.91 Å². The molecule has 9 heteroatoms. The lowest BCUT2D eigenvalue weighted by Crippen LogP contribution is -2.48. The molecule has 3 amide bonds. The van der Waals surface area contributed by atoms with Crippen molar-refractivity contribution in [2.75, 3.05) is 30.9 Å². The molecule has 1 fully saturated rings. The predicted octanol–water partition coefficient (Wildman–Crippen LogP) is 4.31. The molecule has 3 aliphatic heterocycles. The summed E-state index contributed by atoms with van der Waals surface area (Å²) in [7, 11) is 1.59. The SMILES string of the molecule is COc1ccc(NC(=O)Nc2ccc3c(c2)[C@H]2C[C@H](CC(=O)N4CCc5ccccc5C4)O[C@@H](CO)[C@H]2O3)cc1. The zero-order chi connectivity index (χ0) is 27.6. The van der Waals surface area contributed by atoms with Crippen LogP contribution < -0.4 is 20.1 Å². The number of aliphatic hydroxyl groups excluding tert-OH is 1. The van der Waals surface area contributed by atoms with Crippen molar-refractivity contribution in [1.29, 1.82) is 0 Å². The third-order valence-electron chi connectivity index (χ3n) is 7.99. The summed E-state index contributed by atoms with van der Waals surface area (Å²) in [5.74, 6) is 1.41. The Labute approximate surface area is 233 Å². The largest absolute Gasteiger partial charge is 0.497 e. The van der Waals surface area contributed by atoms with Crippen molar-refractivity contribution in [1.82, 2.24) is 4.90 Å². The smallest absolute Gasteiger partial charge is 0.323 e. The fourth-order valence-electron chi connectivity index (χ4n) is 5.97. The second-order valence-electron chi connectivity index (χ2n) is 10.5. The number of hydrogen-bond donors (Lipinski definition) is 3. The Morgan fingerprint density at radius 2 is 1.77 bits per heavy atom. The molecule has 3 aliphatic rings. The number of urea groups is 1. The minimum absolute atomic E-state index is 0.0550. The molecule has 40 heavy (non-hydrogen) atoms. The van der Waals surface area contributed by atoms with Crippen molar-refractivity contribution in [2.24, 2.45) is 0 Å². The van der Waals surface area contributed by atoms with Gasteiger partial charge >= 0.3 is 6.03 Å². The molecule has 0 radical (unpaired) electrons. The van der Waals surface area contributed by atoms with Crippen LogP contribution in [0.1, 0.15) is 35.4 Å². The molecular weight excluding hydrogens is 510 g/mol. The number of ether oxygens (including phenoxy) is 3. The van der Waals surface area contributed by atoms with Gasteiger partial charge in [-0.15, -0.1) is 0 Å². The number of anilines is 2. The maximum Gasteiger partial charge on any atom is 0.323 e. The summed E-state index contributed by atoms with van der Waals surface area (Å²) in [6.45, 7) is 1.10. The first-order valence-corrected chi connectivity index (χ1v) is 13.6. The molecule has 0 bridgehead atoms. The average molecular weight is 544 g/mol. The molecule has 0 aromatic heterocycles. The average Bonchev–Trinajstić information content (AvgIpc) is 3.34. The molecule has 4 atom stereocenters. The van der Waals surface area contributed by atoms with Gasteiger partial charge in [-0.05, 0) is 66.4 Å². The molecule has 3 N–H and O–H groups in total. The number of nitrogens with one attached hydrogen (secondary N) is 2. The highest BCUT2D eigenvalue weighted by Gasteiger charge is 2.46. The fraction of sp³-hybridized carbons (Fsp3) is 0.355. The number of aliphatic hydroxyl groups is 1. The lowest BCUT2D eigenvalue weighted by atomic mass is 9.84. The summed E-state index contributed by atoms with van der Waals surface area (Å²) in [5.41, 5.74) is 4.70. The van der Waals surface area contributed by atoms with Crippen molar-refractivity contribution < 1.29 is 28.9 Å². The number of methoxy groups -OCH3 is 1. The first-order valence-electron chi connectivity index (χ1n) is 13.6. The molecule has 3 heterocycles. The highest BCUT2D eigenvalue weighted by molar-refractivity contribution is 5.99. The van der Waals surface area contributed by atoms with Crippen LogP contribution in [0.2, 0.25) is 0 Å². The Bertz CT molecular complexity index is 1390. The summed E-state index contributed by atoms with van der Waals surface area (Å²) >= 11 is 0. The van der Waals surface area contributed by atoms with E-state index in [0.717, 1.165) is 12.0 Å². The van der Waals surface area contributed by atoms with Crippen molar-refractivity contribution >= 4 is 23.3 Å². The van der Waals surface area contributed by atoms with Crippen LogP contribution in [0.5, 0.6) is 11.5 Å². The highest BCUT2D eigenvalue weighted by Crippen LogP contribution is 2.47. The number of carbonyl (C=O) groups excluding carboxylic acids is 2. The Morgan fingerprint density at radius 1 is 1.02 bits per heavy atom. The van der Waals surface area contributed by atoms with Gasteiger partial charge < -0.3 is 34.9 Å². The van der Waals surface area contributed by atoms with Crippen LogP contribution >= 0.6 is 0 Å². The van der Waals surface area contributed by atoms with E-state index in [0.29, 0.717) is 42.4 Å². The van der Waals surface area contributed by atoms with E-state index >= 15 is 0 Å². The minimum Gasteiger partial charge on any atom is -0.497 e. The first kappa shape index (κ1) is 26.2. The van der Waals surface area contributed by atoms with Crippen LogP contribution in [0, 0.1) is 0 Å². The van der Waals surface area contributed by atoms with Gasteiger partial charge in [0.25, 0.3) is 0 Å². The fourth-order valence-corrected chi connectivity index (χ4v) is 5.97. The Balaban J connectivity index is 1.12. The quantitative estimate of drug-likeness (QED) is 0.428. The summed E-state index contributed by atoms with van der Waals surface area (Å²) in [6.07, 6.45) is 0.455. The summed E-state index contributed by atoms with van der Waals surface area (Å²) in [6, 6.07) is 20.5. The third kappa shape index (κ3) is 5.35. The van der Waals surface area contributed by atoms with Gasteiger partial charge in [0.1, 0.15) is 23.7 Å². The first-order chi connectivity index (χ1) is 19.5. The van der Waals surface area contributed by atoms with Gasteiger partial charge in [-0.25, -0.2) is 4.79 Å². The Kier molecular flexibility index (Phi) is 7.32. The standard InChI is InChI=1S/C31H33N3O6/c1-38-23-9-6-21(7-10-23)32-31(37)33-22-8-11-27-25(14-22)26-15-24(39-28(18-35)30(26)40-27)16-29(36)34-13-12-19-4-2-3-5-20(19)17-34/h2-11,14,24,26,28,30,35H,12-13,15-18H2,1H3,(H2,32,33,37)/t24-,26-,28+,30+/m1/s1. The molecule has 0 unspecified atom stereocenters. The van der Waals surface area contributed by atoms with Gasteiger partial charge in [0.15, 0.2) is 0 Å². The van der Waals surface area contributed by atoms with Crippen LogP contribution in [0.15, 0.2) is 66.7 Å². The van der Waals surface area contributed by atoms with Crippen LogP contribution in [-0.2, 0) is 22.5 Å². The molecule has 1 saturated heterocycles. The van der Waals surface area contributed by atoms with Gasteiger partial charge in [-0.3, -0.25) is 4.79 Å². The van der Waals surface area contributed by atoms with Gasteiger partial charge in [-0.1, -0.05) is 24.3 Å². The molecule has 0 saturated carbocycles. The van der Waals surface area contributed by atoms with E-state index < -0.39 is 6.10 Å². The predicted molar refractivity (Wildman–Crippen MR) is 150 cm³/mol.